The molecule has 1 aliphatic heterocycles. The fourth-order valence-corrected chi connectivity index (χ4v) is 4.97. The highest BCUT2D eigenvalue weighted by atomic mass is 32.2. The van der Waals surface area contributed by atoms with Gasteiger partial charge in [0.2, 0.25) is 0 Å². The van der Waals surface area contributed by atoms with Gasteiger partial charge in [0.1, 0.15) is 0 Å². The van der Waals surface area contributed by atoms with Crippen LogP contribution >= 0.6 is 0 Å². The van der Waals surface area contributed by atoms with Crippen molar-refractivity contribution < 1.29 is 13.2 Å². The molecular weight excluding hydrogens is 382 g/mol. The van der Waals surface area contributed by atoms with Crippen LogP contribution in [0, 0.1) is 6.92 Å². The second-order valence-electron chi connectivity index (χ2n) is 7.07. The number of carbonyl (C=O) groups excluding carboxylic acids is 1. The van der Waals surface area contributed by atoms with Crippen molar-refractivity contribution in [3.05, 3.63) is 101 Å². The van der Waals surface area contributed by atoms with E-state index in [1.807, 2.05) is 43.3 Å². The highest BCUT2D eigenvalue weighted by molar-refractivity contribution is 7.92. The quantitative estimate of drug-likeness (QED) is 0.587. The molecule has 0 aromatic heterocycles. The Hall–Kier alpha value is -3.18. The zero-order valence-corrected chi connectivity index (χ0v) is 16.9. The third kappa shape index (κ3) is 3.74. The van der Waals surface area contributed by atoms with Gasteiger partial charge >= 0.3 is 0 Å². The molecule has 0 radical (unpaired) electrons. The standard InChI is InChI=1S/C24H21NO3S/c1-18-11-13-21(14-12-18)29(27,28)25-16-15-20(17-19-7-3-2-4-8-19)24(26)22-9-5-6-10-23(22)25/h2-14,17H,15-16H2,1H3/b20-17+. The van der Waals surface area contributed by atoms with Crippen LogP contribution in [0.15, 0.2) is 89.3 Å². The molecule has 0 aliphatic carbocycles. The largest absolute Gasteiger partial charge is 0.289 e. The second kappa shape index (κ2) is 7.68. The SMILES string of the molecule is Cc1ccc(S(=O)(=O)N2CC/C(=C\c3ccccc3)C(=O)c3ccccc32)cc1. The van der Waals surface area contributed by atoms with Crippen LogP contribution in [0.3, 0.4) is 0 Å². The molecule has 4 rings (SSSR count). The number of benzene rings is 3. The smallest absolute Gasteiger partial charge is 0.264 e. The van der Waals surface area contributed by atoms with Gasteiger partial charge in [0, 0.05) is 17.7 Å². The number of aryl methyl sites for hydroxylation is 1. The van der Waals surface area contributed by atoms with Gasteiger partial charge in [0.25, 0.3) is 10.0 Å². The van der Waals surface area contributed by atoms with Crippen molar-refractivity contribution in [2.24, 2.45) is 0 Å². The van der Waals surface area contributed by atoms with Crippen LogP contribution in [0.5, 0.6) is 0 Å². The van der Waals surface area contributed by atoms with Crippen LogP contribution in [0.2, 0.25) is 0 Å². The van der Waals surface area contributed by atoms with E-state index in [0.717, 1.165) is 11.1 Å². The summed E-state index contributed by atoms with van der Waals surface area (Å²) in [7, 11) is -3.78. The normalized spacial score (nSPS) is 15.8. The molecule has 5 heteroatoms. The lowest BCUT2D eigenvalue weighted by Crippen LogP contribution is -2.32. The summed E-state index contributed by atoms with van der Waals surface area (Å²) in [5, 5.41) is 0. The predicted octanol–water partition coefficient (Wildman–Crippen LogP) is 4.86. The molecule has 0 saturated carbocycles. The molecule has 0 amide bonds. The van der Waals surface area contributed by atoms with E-state index < -0.39 is 10.0 Å². The van der Waals surface area contributed by atoms with Crippen LogP contribution in [-0.2, 0) is 10.0 Å². The molecule has 0 bridgehead atoms. The maximum absolute atomic E-state index is 13.4. The van der Waals surface area contributed by atoms with Crippen LogP contribution in [0.1, 0.15) is 27.9 Å². The summed E-state index contributed by atoms with van der Waals surface area (Å²) >= 11 is 0. The Morgan fingerprint density at radius 1 is 0.862 bits per heavy atom. The Bertz CT molecular complexity index is 1180. The fraction of sp³-hybridized carbons (Fsp3) is 0.125. The topological polar surface area (TPSA) is 54.5 Å². The van der Waals surface area contributed by atoms with Crippen molar-refractivity contribution in [2.45, 2.75) is 18.2 Å². The number of fused-ring (bicyclic) bond motifs is 1. The first-order chi connectivity index (χ1) is 14.0. The molecule has 4 nitrogen and oxygen atoms in total. The van der Waals surface area contributed by atoms with E-state index in [9.17, 15) is 13.2 Å². The summed E-state index contributed by atoms with van der Waals surface area (Å²) in [6.07, 6.45) is 2.19. The lowest BCUT2D eigenvalue weighted by Gasteiger charge is -2.24. The molecule has 146 valence electrons. The monoisotopic (exact) mass is 403 g/mol. The lowest BCUT2D eigenvalue weighted by molar-refractivity contribution is 0.103. The van der Waals surface area contributed by atoms with Gasteiger partial charge in [0.05, 0.1) is 10.6 Å². The van der Waals surface area contributed by atoms with E-state index in [1.165, 1.54) is 4.31 Å². The first-order valence-corrected chi connectivity index (χ1v) is 10.9. The highest BCUT2D eigenvalue weighted by Crippen LogP contribution is 2.33. The predicted molar refractivity (Wildman–Crippen MR) is 116 cm³/mol. The minimum absolute atomic E-state index is 0.133. The van der Waals surface area contributed by atoms with E-state index in [0.29, 0.717) is 23.2 Å². The minimum atomic E-state index is -3.78. The maximum atomic E-state index is 13.4. The molecule has 0 fully saturated rings. The Kier molecular flexibility index (Phi) is 5.07. The number of hydrogen-bond acceptors (Lipinski definition) is 3. The molecule has 0 atom stereocenters. The number of ketones is 1. The average Bonchev–Trinajstić information content (AvgIpc) is 2.87. The number of para-hydroxylation sites is 1. The van der Waals surface area contributed by atoms with Crippen molar-refractivity contribution in [1.29, 1.82) is 0 Å². The van der Waals surface area contributed by atoms with Crippen molar-refractivity contribution in [1.82, 2.24) is 0 Å². The third-order valence-corrected chi connectivity index (χ3v) is 6.87. The minimum Gasteiger partial charge on any atom is -0.289 e. The lowest BCUT2D eigenvalue weighted by atomic mass is 9.99. The van der Waals surface area contributed by atoms with Gasteiger partial charge in [-0.25, -0.2) is 8.42 Å². The number of hydrogen-bond donors (Lipinski definition) is 0. The molecule has 29 heavy (non-hydrogen) atoms. The number of anilines is 1. The summed E-state index contributed by atoms with van der Waals surface area (Å²) in [4.78, 5) is 13.4. The van der Waals surface area contributed by atoms with Crippen LogP contribution in [0.25, 0.3) is 6.08 Å². The van der Waals surface area contributed by atoms with E-state index in [1.54, 1.807) is 48.5 Å². The summed E-state index contributed by atoms with van der Waals surface area (Å²) in [6, 6.07) is 23.3. The van der Waals surface area contributed by atoms with Gasteiger partial charge in [-0.2, -0.15) is 0 Å². The summed E-state index contributed by atoms with van der Waals surface area (Å²) in [6.45, 7) is 2.12. The third-order valence-electron chi connectivity index (χ3n) is 5.04. The number of carbonyl (C=O) groups is 1. The van der Waals surface area contributed by atoms with Crippen molar-refractivity contribution in [3.63, 3.8) is 0 Å². The number of rotatable bonds is 3. The van der Waals surface area contributed by atoms with Gasteiger partial charge in [-0.05, 0) is 49.2 Å². The molecule has 3 aromatic carbocycles. The maximum Gasteiger partial charge on any atom is 0.264 e. The van der Waals surface area contributed by atoms with E-state index in [-0.39, 0.29) is 17.2 Å². The number of sulfonamides is 1. The molecule has 1 heterocycles. The molecule has 1 aliphatic rings. The van der Waals surface area contributed by atoms with Gasteiger partial charge < -0.3 is 0 Å². The van der Waals surface area contributed by atoms with E-state index >= 15 is 0 Å². The van der Waals surface area contributed by atoms with Crippen LogP contribution < -0.4 is 4.31 Å². The molecular formula is C24H21NO3S. The molecule has 0 saturated heterocycles. The van der Waals surface area contributed by atoms with Crippen molar-refractivity contribution >= 4 is 27.6 Å². The zero-order valence-electron chi connectivity index (χ0n) is 16.1. The van der Waals surface area contributed by atoms with Crippen molar-refractivity contribution in [3.8, 4) is 0 Å². The van der Waals surface area contributed by atoms with Crippen LogP contribution in [0.4, 0.5) is 5.69 Å². The molecule has 0 unspecified atom stereocenters. The number of Topliss-reactive ketones (excluding diaryl/α,β-unsaturated/α-hetero) is 1. The van der Waals surface area contributed by atoms with Crippen LogP contribution in [-0.4, -0.2) is 20.7 Å². The summed E-state index contributed by atoms with van der Waals surface area (Å²) < 4.78 is 28.1. The summed E-state index contributed by atoms with van der Waals surface area (Å²) in [5.41, 5.74) is 3.34. The Morgan fingerprint density at radius 3 is 2.24 bits per heavy atom. The molecule has 3 aromatic rings. The first-order valence-electron chi connectivity index (χ1n) is 9.45. The van der Waals surface area contributed by atoms with E-state index in [4.69, 9.17) is 0 Å². The summed E-state index contributed by atoms with van der Waals surface area (Å²) in [5.74, 6) is -0.133. The second-order valence-corrected chi connectivity index (χ2v) is 8.93. The Balaban J connectivity index is 1.81. The fourth-order valence-electron chi connectivity index (χ4n) is 3.49. The van der Waals surface area contributed by atoms with Gasteiger partial charge in [-0.15, -0.1) is 0 Å². The van der Waals surface area contributed by atoms with Gasteiger partial charge in [-0.3, -0.25) is 9.10 Å². The van der Waals surface area contributed by atoms with Gasteiger partial charge in [-0.1, -0.05) is 60.2 Å². The van der Waals surface area contributed by atoms with E-state index in [2.05, 4.69) is 0 Å². The average molecular weight is 404 g/mol. The number of nitrogens with zero attached hydrogens (tertiary/aromatic N) is 1. The molecule has 0 N–H and O–H groups in total. The van der Waals surface area contributed by atoms with Gasteiger partial charge in [0.15, 0.2) is 5.78 Å². The Labute approximate surface area is 171 Å². The zero-order chi connectivity index (χ0) is 20.4. The first kappa shape index (κ1) is 19.2. The Morgan fingerprint density at radius 2 is 1.52 bits per heavy atom. The highest BCUT2D eigenvalue weighted by Gasteiger charge is 2.32. The van der Waals surface area contributed by atoms with Crippen molar-refractivity contribution in [2.75, 3.05) is 10.8 Å². The molecule has 0 spiro atoms.